The summed E-state index contributed by atoms with van der Waals surface area (Å²) in [7, 11) is 0. The molecule has 0 bridgehead atoms. The molecule has 2 aromatic rings. The summed E-state index contributed by atoms with van der Waals surface area (Å²) in [4.78, 5) is 9.63. The molecule has 0 atom stereocenters. The average Bonchev–Trinajstić information content (AvgIpc) is 2.35. The highest BCUT2D eigenvalue weighted by atomic mass is 35.5. The fraction of sp³-hybridized carbons (Fsp3) is 0. The number of rotatable bonds is 3. The number of ether oxygens (including phenoxy) is 1. The van der Waals surface area contributed by atoms with Crippen LogP contribution in [0.4, 0.5) is 10.1 Å². The second-order valence-corrected chi connectivity index (χ2v) is 4.08. The van der Waals surface area contributed by atoms with Crippen LogP contribution in [0, 0.1) is 15.9 Å². The van der Waals surface area contributed by atoms with Gasteiger partial charge >= 0.3 is 5.69 Å². The predicted molar refractivity (Wildman–Crippen MR) is 65.2 cm³/mol. The zero-order valence-electron chi connectivity index (χ0n) is 9.01. The Balaban J connectivity index is 2.33. The molecule has 2 rings (SSSR count). The SMILES string of the molecule is O=[N+]([O-])c1cc(Cl)c(Oc2ccc(Cl)nn2)cc1F. The van der Waals surface area contributed by atoms with Crippen LogP contribution >= 0.6 is 23.2 Å². The quantitative estimate of drug-likeness (QED) is 0.639. The minimum atomic E-state index is -1.06. The van der Waals surface area contributed by atoms with E-state index in [1.807, 2.05) is 0 Å². The summed E-state index contributed by atoms with van der Waals surface area (Å²) in [5, 5.41) is 17.7. The third-order valence-electron chi connectivity index (χ3n) is 2.02. The first-order chi connectivity index (χ1) is 8.97. The van der Waals surface area contributed by atoms with E-state index in [9.17, 15) is 14.5 Å². The van der Waals surface area contributed by atoms with E-state index in [1.54, 1.807) is 0 Å². The second-order valence-electron chi connectivity index (χ2n) is 3.29. The van der Waals surface area contributed by atoms with Crippen molar-refractivity contribution in [3.63, 3.8) is 0 Å². The molecule has 6 nitrogen and oxygen atoms in total. The van der Waals surface area contributed by atoms with E-state index in [0.717, 1.165) is 12.1 Å². The van der Waals surface area contributed by atoms with E-state index < -0.39 is 16.4 Å². The molecular formula is C10H4Cl2FN3O3. The van der Waals surface area contributed by atoms with Crippen molar-refractivity contribution < 1.29 is 14.1 Å². The van der Waals surface area contributed by atoms with Gasteiger partial charge in [0.2, 0.25) is 11.7 Å². The van der Waals surface area contributed by atoms with E-state index in [-0.39, 0.29) is 21.8 Å². The molecule has 0 saturated carbocycles. The Kier molecular flexibility index (Phi) is 3.77. The molecule has 19 heavy (non-hydrogen) atoms. The normalized spacial score (nSPS) is 10.3. The number of nitro benzene ring substituents is 1. The Morgan fingerprint density at radius 3 is 2.58 bits per heavy atom. The molecule has 0 radical (unpaired) electrons. The zero-order chi connectivity index (χ0) is 14.0. The lowest BCUT2D eigenvalue weighted by atomic mass is 10.3. The van der Waals surface area contributed by atoms with Crippen molar-refractivity contribution in [3.05, 3.63) is 50.4 Å². The fourth-order valence-corrected chi connectivity index (χ4v) is 1.50. The first-order valence-corrected chi connectivity index (χ1v) is 5.53. The van der Waals surface area contributed by atoms with Crippen LogP contribution in [0.15, 0.2) is 24.3 Å². The number of benzene rings is 1. The fourth-order valence-electron chi connectivity index (χ4n) is 1.21. The van der Waals surface area contributed by atoms with Crippen molar-refractivity contribution in [3.8, 4) is 11.6 Å². The van der Waals surface area contributed by atoms with Crippen LogP contribution in [-0.2, 0) is 0 Å². The molecule has 0 aliphatic rings. The molecule has 0 aliphatic heterocycles. The predicted octanol–water partition coefficient (Wildman–Crippen LogP) is 3.62. The second kappa shape index (κ2) is 5.33. The largest absolute Gasteiger partial charge is 0.436 e. The maximum absolute atomic E-state index is 13.4. The molecule has 1 aromatic heterocycles. The van der Waals surface area contributed by atoms with Crippen LogP contribution in [0.5, 0.6) is 11.6 Å². The monoisotopic (exact) mass is 303 g/mol. The molecule has 98 valence electrons. The van der Waals surface area contributed by atoms with Gasteiger partial charge in [-0.25, -0.2) is 0 Å². The maximum Gasteiger partial charge on any atom is 0.306 e. The summed E-state index contributed by atoms with van der Waals surface area (Å²) in [6, 6.07) is 4.47. The number of halogens is 3. The molecule has 9 heteroatoms. The lowest BCUT2D eigenvalue weighted by Gasteiger charge is -2.06. The number of hydrogen-bond donors (Lipinski definition) is 0. The molecule has 0 unspecified atom stereocenters. The Labute approximate surface area is 115 Å². The highest BCUT2D eigenvalue weighted by Crippen LogP contribution is 2.33. The summed E-state index contributed by atoms with van der Waals surface area (Å²) < 4.78 is 18.6. The molecule has 0 amide bonds. The topological polar surface area (TPSA) is 78.2 Å². The summed E-state index contributed by atoms with van der Waals surface area (Å²) in [5.41, 5.74) is -0.737. The summed E-state index contributed by atoms with van der Waals surface area (Å²) in [5.74, 6) is -1.15. The van der Waals surface area contributed by atoms with Crippen LogP contribution in [0.1, 0.15) is 0 Å². The van der Waals surface area contributed by atoms with Crippen molar-refractivity contribution >= 4 is 28.9 Å². The molecule has 1 aromatic carbocycles. The highest BCUT2D eigenvalue weighted by molar-refractivity contribution is 6.32. The number of aromatic nitrogens is 2. The standard InChI is InChI=1S/C10H4Cl2FN3O3/c11-5-3-7(16(17)18)6(13)4-8(5)19-10-2-1-9(12)14-15-10/h1-4H. The Morgan fingerprint density at radius 1 is 1.26 bits per heavy atom. The van der Waals surface area contributed by atoms with Gasteiger partial charge < -0.3 is 4.74 Å². The first kappa shape index (κ1) is 13.4. The molecular weight excluding hydrogens is 300 g/mol. The van der Waals surface area contributed by atoms with Gasteiger partial charge in [0, 0.05) is 18.2 Å². The smallest absolute Gasteiger partial charge is 0.306 e. The van der Waals surface area contributed by atoms with E-state index in [1.165, 1.54) is 12.1 Å². The molecule has 1 heterocycles. The van der Waals surface area contributed by atoms with Crippen LogP contribution in [0.25, 0.3) is 0 Å². The van der Waals surface area contributed by atoms with Crippen LogP contribution < -0.4 is 4.74 Å². The first-order valence-electron chi connectivity index (χ1n) is 4.78. The van der Waals surface area contributed by atoms with Crippen LogP contribution in [0.2, 0.25) is 10.2 Å². The number of nitrogens with zero attached hydrogens (tertiary/aromatic N) is 3. The lowest BCUT2D eigenvalue weighted by molar-refractivity contribution is -0.387. The van der Waals surface area contributed by atoms with Gasteiger partial charge in [0.05, 0.1) is 9.95 Å². The van der Waals surface area contributed by atoms with Gasteiger partial charge in [-0.15, -0.1) is 10.2 Å². The summed E-state index contributed by atoms with van der Waals surface area (Å²) >= 11 is 11.3. The van der Waals surface area contributed by atoms with Gasteiger partial charge in [-0.2, -0.15) is 4.39 Å². The van der Waals surface area contributed by atoms with Gasteiger partial charge in [0.1, 0.15) is 0 Å². The van der Waals surface area contributed by atoms with Gasteiger partial charge in [0.25, 0.3) is 0 Å². The molecule has 0 spiro atoms. The van der Waals surface area contributed by atoms with Crippen molar-refractivity contribution in [2.24, 2.45) is 0 Å². The van der Waals surface area contributed by atoms with Crippen molar-refractivity contribution in [2.75, 3.05) is 0 Å². The third-order valence-corrected chi connectivity index (χ3v) is 2.52. The van der Waals surface area contributed by atoms with Gasteiger partial charge in [-0.05, 0) is 6.07 Å². The van der Waals surface area contributed by atoms with Gasteiger partial charge in [-0.1, -0.05) is 23.2 Å². The van der Waals surface area contributed by atoms with Crippen molar-refractivity contribution in [2.45, 2.75) is 0 Å². The highest BCUT2D eigenvalue weighted by Gasteiger charge is 2.19. The number of nitro groups is 1. The van der Waals surface area contributed by atoms with Gasteiger partial charge in [0.15, 0.2) is 10.9 Å². The molecule has 0 aliphatic carbocycles. The van der Waals surface area contributed by atoms with Crippen molar-refractivity contribution in [1.29, 1.82) is 0 Å². The molecule has 0 fully saturated rings. The van der Waals surface area contributed by atoms with E-state index in [0.29, 0.717) is 0 Å². The lowest BCUT2D eigenvalue weighted by Crippen LogP contribution is -1.95. The summed E-state index contributed by atoms with van der Waals surface area (Å²) in [6.45, 7) is 0. The average molecular weight is 304 g/mol. The zero-order valence-corrected chi connectivity index (χ0v) is 10.5. The number of hydrogen-bond acceptors (Lipinski definition) is 5. The third kappa shape index (κ3) is 3.07. The maximum atomic E-state index is 13.4. The van der Waals surface area contributed by atoms with E-state index in [4.69, 9.17) is 27.9 Å². The van der Waals surface area contributed by atoms with Crippen molar-refractivity contribution in [1.82, 2.24) is 10.2 Å². The van der Waals surface area contributed by atoms with Crippen LogP contribution in [-0.4, -0.2) is 15.1 Å². The Morgan fingerprint density at radius 2 is 2.00 bits per heavy atom. The Bertz CT molecular complexity index is 637. The molecule has 0 N–H and O–H groups in total. The molecule has 0 saturated heterocycles. The van der Waals surface area contributed by atoms with Crippen LogP contribution in [0.3, 0.4) is 0 Å². The minimum Gasteiger partial charge on any atom is -0.436 e. The minimum absolute atomic E-state index is 0.0274. The van der Waals surface area contributed by atoms with E-state index in [2.05, 4.69) is 10.2 Å². The Hall–Kier alpha value is -1.99. The van der Waals surface area contributed by atoms with E-state index >= 15 is 0 Å². The van der Waals surface area contributed by atoms with Gasteiger partial charge in [-0.3, -0.25) is 10.1 Å². The summed E-state index contributed by atoms with van der Waals surface area (Å²) in [6.07, 6.45) is 0.